The van der Waals surface area contributed by atoms with Gasteiger partial charge in [-0.1, -0.05) is 48.3 Å². The highest BCUT2D eigenvalue weighted by Gasteiger charge is 2.29. The van der Waals surface area contributed by atoms with Gasteiger partial charge in [0.15, 0.2) is 6.61 Å². The molecule has 0 aromatic heterocycles. The van der Waals surface area contributed by atoms with Gasteiger partial charge in [0.25, 0.3) is 5.91 Å². The zero-order chi connectivity index (χ0) is 22.3. The number of rotatable bonds is 9. The van der Waals surface area contributed by atoms with Crippen LogP contribution in [0, 0.1) is 13.8 Å². The van der Waals surface area contributed by atoms with Crippen molar-refractivity contribution in [1.82, 2.24) is 10.2 Å². The predicted molar refractivity (Wildman–Crippen MR) is 121 cm³/mol. The van der Waals surface area contributed by atoms with Crippen molar-refractivity contribution >= 4 is 35.0 Å². The quantitative estimate of drug-likeness (QED) is 0.588. The average Bonchev–Trinajstić information content (AvgIpc) is 2.70. The van der Waals surface area contributed by atoms with Gasteiger partial charge in [0.1, 0.15) is 11.8 Å². The lowest BCUT2D eigenvalue weighted by Gasteiger charge is -2.30. The monoisotopic (exact) mass is 450 g/mol. The molecule has 0 spiro atoms. The Morgan fingerprint density at radius 1 is 1.10 bits per heavy atom. The average molecular weight is 451 g/mol. The smallest absolute Gasteiger partial charge is 0.261 e. The van der Waals surface area contributed by atoms with Crippen LogP contribution < -0.4 is 10.1 Å². The van der Waals surface area contributed by atoms with E-state index in [1.165, 1.54) is 4.90 Å². The standard InChI is InChI=1S/C23H28Cl2N2O3/c1-5-20(23(29)26-6-2)27(13-17-9-10-18(24)12-19(17)25)22(28)14-30-21-11-15(3)7-8-16(21)4/h7-12,20H,5-6,13-14H2,1-4H3,(H,26,29). The van der Waals surface area contributed by atoms with Crippen molar-refractivity contribution in [2.24, 2.45) is 0 Å². The number of aryl methyl sites for hydroxylation is 2. The van der Waals surface area contributed by atoms with E-state index in [1.54, 1.807) is 18.2 Å². The first kappa shape index (κ1) is 24.0. The first-order valence-corrected chi connectivity index (χ1v) is 10.7. The maximum Gasteiger partial charge on any atom is 0.261 e. The lowest BCUT2D eigenvalue weighted by molar-refractivity contribution is -0.142. The largest absolute Gasteiger partial charge is 0.483 e. The highest BCUT2D eigenvalue weighted by molar-refractivity contribution is 6.35. The van der Waals surface area contributed by atoms with Crippen LogP contribution in [-0.2, 0) is 16.1 Å². The molecule has 0 bridgehead atoms. The minimum atomic E-state index is -0.633. The summed E-state index contributed by atoms with van der Waals surface area (Å²) in [6.07, 6.45) is 0.465. The van der Waals surface area contributed by atoms with Crippen LogP contribution in [0.25, 0.3) is 0 Å². The third-order valence-corrected chi connectivity index (χ3v) is 5.37. The van der Waals surface area contributed by atoms with Gasteiger partial charge < -0.3 is 15.0 Å². The molecular formula is C23H28Cl2N2O3. The molecule has 162 valence electrons. The highest BCUT2D eigenvalue weighted by atomic mass is 35.5. The van der Waals surface area contributed by atoms with E-state index in [1.807, 2.05) is 45.9 Å². The van der Waals surface area contributed by atoms with Gasteiger partial charge in [-0.25, -0.2) is 0 Å². The van der Waals surface area contributed by atoms with Crippen LogP contribution in [0.4, 0.5) is 0 Å². The summed E-state index contributed by atoms with van der Waals surface area (Å²) in [4.78, 5) is 27.3. The summed E-state index contributed by atoms with van der Waals surface area (Å²) in [7, 11) is 0. The van der Waals surface area contributed by atoms with E-state index in [-0.39, 0.29) is 25.0 Å². The fraction of sp³-hybridized carbons (Fsp3) is 0.391. The Hall–Kier alpha value is -2.24. The molecule has 1 atom stereocenters. The molecule has 0 fully saturated rings. The predicted octanol–water partition coefficient (Wildman–Crippen LogP) is 4.93. The lowest BCUT2D eigenvalue weighted by Crippen LogP contribution is -2.50. The summed E-state index contributed by atoms with van der Waals surface area (Å²) in [5.41, 5.74) is 2.70. The van der Waals surface area contributed by atoms with Crippen LogP contribution in [0.2, 0.25) is 10.0 Å². The normalized spacial score (nSPS) is 11.7. The summed E-state index contributed by atoms with van der Waals surface area (Å²) in [5, 5.41) is 3.76. The van der Waals surface area contributed by atoms with Crippen molar-refractivity contribution in [2.45, 2.75) is 46.7 Å². The van der Waals surface area contributed by atoms with Crippen molar-refractivity contribution < 1.29 is 14.3 Å². The number of hydrogen-bond donors (Lipinski definition) is 1. The second-order valence-corrected chi connectivity index (χ2v) is 7.98. The molecule has 0 aliphatic carbocycles. The molecular weight excluding hydrogens is 423 g/mol. The van der Waals surface area contributed by atoms with Crippen molar-refractivity contribution in [3.05, 3.63) is 63.1 Å². The molecule has 2 aromatic rings. The molecule has 0 saturated carbocycles. The topological polar surface area (TPSA) is 58.6 Å². The Morgan fingerprint density at radius 2 is 1.83 bits per heavy atom. The van der Waals surface area contributed by atoms with E-state index < -0.39 is 6.04 Å². The molecule has 2 aromatic carbocycles. The van der Waals surface area contributed by atoms with Gasteiger partial charge in [0.05, 0.1) is 0 Å². The third-order valence-electron chi connectivity index (χ3n) is 4.79. The molecule has 0 radical (unpaired) electrons. The van der Waals surface area contributed by atoms with Crippen LogP contribution in [0.1, 0.15) is 37.0 Å². The fourth-order valence-corrected chi connectivity index (χ4v) is 3.60. The van der Waals surface area contributed by atoms with Gasteiger partial charge >= 0.3 is 0 Å². The van der Waals surface area contributed by atoms with Gasteiger partial charge in [0, 0.05) is 23.1 Å². The van der Waals surface area contributed by atoms with Crippen molar-refractivity contribution in [3.8, 4) is 5.75 Å². The maximum absolute atomic E-state index is 13.2. The van der Waals surface area contributed by atoms with E-state index >= 15 is 0 Å². The van der Waals surface area contributed by atoms with Crippen molar-refractivity contribution in [3.63, 3.8) is 0 Å². The molecule has 0 aliphatic heterocycles. The van der Waals surface area contributed by atoms with Gasteiger partial charge in [-0.05, 0) is 62.1 Å². The Kier molecular flexibility index (Phi) is 9.00. The van der Waals surface area contributed by atoms with Gasteiger partial charge in [0.2, 0.25) is 5.91 Å². The Morgan fingerprint density at radius 3 is 2.47 bits per heavy atom. The van der Waals surface area contributed by atoms with Crippen LogP contribution >= 0.6 is 23.2 Å². The van der Waals surface area contributed by atoms with E-state index in [2.05, 4.69) is 5.32 Å². The number of benzene rings is 2. The summed E-state index contributed by atoms with van der Waals surface area (Å²) in [6.45, 7) is 8.09. The second kappa shape index (κ2) is 11.2. The number of nitrogens with one attached hydrogen (secondary N) is 1. The third kappa shape index (κ3) is 6.38. The summed E-state index contributed by atoms with van der Waals surface area (Å²) < 4.78 is 5.80. The molecule has 2 amide bonds. The van der Waals surface area contributed by atoms with Crippen LogP contribution in [0.15, 0.2) is 36.4 Å². The molecule has 7 heteroatoms. The molecule has 0 saturated heterocycles. The van der Waals surface area contributed by atoms with E-state index in [0.29, 0.717) is 34.3 Å². The number of likely N-dealkylation sites (N-methyl/N-ethyl adjacent to an activating group) is 1. The maximum atomic E-state index is 13.2. The van der Waals surface area contributed by atoms with E-state index in [4.69, 9.17) is 27.9 Å². The number of amides is 2. The first-order valence-electron chi connectivity index (χ1n) is 9.97. The SMILES string of the molecule is CCNC(=O)C(CC)N(Cc1ccc(Cl)cc1Cl)C(=O)COc1cc(C)ccc1C. The number of nitrogens with zero attached hydrogens (tertiary/aromatic N) is 1. The molecule has 5 nitrogen and oxygen atoms in total. The number of carbonyl (C=O) groups is 2. The van der Waals surface area contributed by atoms with E-state index in [9.17, 15) is 9.59 Å². The molecule has 0 heterocycles. The van der Waals surface area contributed by atoms with E-state index in [0.717, 1.165) is 11.1 Å². The minimum absolute atomic E-state index is 0.175. The highest BCUT2D eigenvalue weighted by Crippen LogP contribution is 2.24. The summed E-state index contributed by atoms with van der Waals surface area (Å²) in [6, 6.07) is 10.3. The van der Waals surface area contributed by atoms with Crippen molar-refractivity contribution in [2.75, 3.05) is 13.2 Å². The molecule has 1 unspecified atom stereocenters. The van der Waals surface area contributed by atoms with Gasteiger partial charge in [-0.3, -0.25) is 9.59 Å². The second-order valence-electron chi connectivity index (χ2n) is 7.13. The van der Waals surface area contributed by atoms with Gasteiger partial charge in [-0.2, -0.15) is 0 Å². The summed E-state index contributed by atoms with van der Waals surface area (Å²) >= 11 is 12.3. The van der Waals surface area contributed by atoms with Crippen LogP contribution in [0.5, 0.6) is 5.75 Å². The number of halogens is 2. The molecule has 0 aliphatic rings. The zero-order valence-electron chi connectivity index (χ0n) is 17.8. The Bertz CT molecular complexity index is 902. The fourth-order valence-electron chi connectivity index (χ4n) is 3.13. The molecule has 1 N–H and O–H groups in total. The van der Waals surface area contributed by atoms with Crippen LogP contribution in [0.3, 0.4) is 0 Å². The molecule has 30 heavy (non-hydrogen) atoms. The number of carbonyl (C=O) groups excluding carboxylic acids is 2. The summed E-state index contributed by atoms with van der Waals surface area (Å²) in [5.74, 6) is 0.157. The zero-order valence-corrected chi connectivity index (χ0v) is 19.3. The first-order chi connectivity index (χ1) is 14.3. The minimum Gasteiger partial charge on any atom is -0.483 e. The Labute approximate surface area is 188 Å². The number of hydrogen-bond acceptors (Lipinski definition) is 3. The number of ether oxygens (including phenoxy) is 1. The lowest BCUT2D eigenvalue weighted by atomic mass is 10.1. The molecule has 2 rings (SSSR count). The van der Waals surface area contributed by atoms with Crippen LogP contribution in [-0.4, -0.2) is 35.9 Å². The van der Waals surface area contributed by atoms with Gasteiger partial charge in [-0.15, -0.1) is 0 Å². The Balaban J connectivity index is 2.27. The van der Waals surface area contributed by atoms with Crippen molar-refractivity contribution in [1.29, 1.82) is 0 Å².